The van der Waals surface area contributed by atoms with Crippen molar-refractivity contribution in [2.24, 2.45) is 5.73 Å². The maximum atomic E-state index is 12.8. The van der Waals surface area contributed by atoms with Gasteiger partial charge in [0.2, 0.25) is 11.8 Å². The van der Waals surface area contributed by atoms with Crippen molar-refractivity contribution >= 4 is 52.3 Å². The molecule has 14 rings (SSSR count). The Morgan fingerprint density at radius 2 is 0.774 bits per heavy atom. The lowest BCUT2D eigenvalue weighted by molar-refractivity contribution is -0.141. The van der Waals surface area contributed by atoms with Crippen LogP contribution in [0, 0.1) is 0 Å². The zero-order valence-electron chi connectivity index (χ0n) is 63.5. The van der Waals surface area contributed by atoms with Gasteiger partial charge in [0.15, 0.2) is 11.6 Å². The molecule has 2 amide bonds. The summed E-state index contributed by atoms with van der Waals surface area (Å²) in [5.41, 5.74) is 9.83. The van der Waals surface area contributed by atoms with E-state index in [-0.39, 0.29) is 60.9 Å². The molecule has 0 radical (unpaired) electrons. The van der Waals surface area contributed by atoms with Crippen LogP contribution in [0.1, 0.15) is 61.5 Å². The molecular weight excluding hydrogens is 1520 g/mol. The number of pyridine rings is 3. The number of aliphatic hydroxyl groups is 2. The number of carbonyl (C=O) groups is 3. The van der Waals surface area contributed by atoms with Crippen molar-refractivity contribution in [1.82, 2.24) is 55.5 Å². The summed E-state index contributed by atoms with van der Waals surface area (Å²) in [6.07, 6.45) is -7.04. The van der Waals surface area contributed by atoms with Gasteiger partial charge >= 0.3 is 24.5 Å². The first kappa shape index (κ1) is 84.9. The molecule has 616 valence electrons. The number of aliphatic hydroxyl groups excluding tert-OH is 2. The number of hydrogen-bond acceptors (Lipinski definition) is 22. The number of halogens is 9. The minimum atomic E-state index is -4.47. The van der Waals surface area contributed by atoms with E-state index in [2.05, 4.69) is 84.9 Å². The van der Waals surface area contributed by atoms with Crippen molar-refractivity contribution < 1.29 is 88.2 Å². The number of nitrogens with two attached hydrogens (primary N) is 1. The number of piperazine rings is 3. The minimum Gasteiger partial charge on any atom is -0.481 e. The fraction of sp³-hybridized carbons (Fsp3) is 0.423. The summed E-state index contributed by atoms with van der Waals surface area (Å²) in [6, 6.07) is 33.7. The zero-order valence-corrected chi connectivity index (χ0v) is 63.5. The summed E-state index contributed by atoms with van der Waals surface area (Å²) in [4.78, 5) is 79.7. The number of carboxylic acids is 1. The van der Waals surface area contributed by atoms with Crippen LogP contribution in [0.25, 0.3) is 34.2 Å². The van der Waals surface area contributed by atoms with Crippen LogP contribution in [0.2, 0.25) is 0 Å². The Balaban J connectivity index is 0.000000161. The summed E-state index contributed by atoms with van der Waals surface area (Å²) in [5.74, 6) is 0.483. The van der Waals surface area contributed by atoms with Gasteiger partial charge in [-0.2, -0.15) is 39.5 Å². The molecule has 0 bridgehead atoms. The van der Waals surface area contributed by atoms with Gasteiger partial charge in [-0.1, -0.05) is 36.4 Å². The third kappa shape index (κ3) is 24.3. The molecule has 11 heterocycles. The first-order chi connectivity index (χ1) is 54.7. The second-order valence-electron chi connectivity index (χ2n) is 28.6. The number of aromatic nitrogens is 9. The Labute approximate surface area is 656 Å². The number of anilines is 6. The first-order valence-corrected chi connectivity index (χ1v) is 37.1. The molecule has 5 aliphatic rings. The lowest BCUT2D eigenvalue weighted by Gasteiger charge is -2.36. The van der Waals surface area contributed by atoms with Crippen molar-refractivity contribution in [1.29, 1.82) is 0 Å². The van der Waals surface area contributed by atoms with Crippen molar-refractivity contribution in [2.45, 2.75) is 95.4 Å². The third-order valence-corrected chi connectivity index (χ3v) is 19.2. The molecule has 9 aromatic rings. The molecule has 0 saturated carbocycles. The highest BCUT2D eigenvalue weighted by molar-refractivity contribution is 5.79. The second-order valence-corrected chi connectivity index (χ2v) is 28.6. The molecule has 3 atom stereocenters. The Hall–Kier alpha value is -11.0. The average molecular weight is 1610 g/mol. The number of rotatable bonds is 21. The van der Waals surface area contributed by atoms with Gasteiger partial charge in [-0.05, 0) is 117 Å². The number of aliphatic carboxylic acids is 1. The van der Waals surface area contributed by atoms with Crippen molar-refractivity contribution in [2.75, 3.05) is 147 Å². The highest BCUT2D eigenvalue weighted by Gasteiger charge is 2.37. The van der Waals surface area contributed by atoms with E-state index in [1.165, 1.54) is 18.6 Å². The van der Waals surface area contributed by atoms with Crippen LogP contribution in [0.4, 0.5) is 74.0 Å². The maximum Gasteiger partial charge on any atom is 0.432 e. The fourth-order valence-corrected chi connectivity index (χ4v) is 13.0. The predicted octanol–water partition coefficient (Wildman–Crippen LogP) is 9.00. The summed E-state index contributed by atoms with van der Waals surface area (Å²) < 4.78 is 137. The van der Waals surface area contributed by atoms with Gasteiger partial charge < -0.3 is 95.0 Å². The monoisotopic (exact) mass is 1610 g/mol. The quantitative estimate of drug-likeness (QED) is 0.0303. The minimum absolute atomic E-state index is 0.00520. The van der Waals surface area contributed by atoms with Crippen molar-refractivity contribution in [3.8, 4) is 34.2 Å². The Kier molecular flexibility index (Phi) is 27.7. The number of aromatic amines is 3. The SMILES string of the molecule is CC1(C)OCC(CN)O1.CC1(C)OCC(CNC(=O)Cc2ccc(N3CCN(c4ccc(-c5ncc(C(F)(F)F)[nH]5)cn4)CC3)cc2)O1.O=C(Cc1ccc(N2CCN(c3ccc(-c4ncc(C(F)(F)F)[nH]4)cn3)CC2)cc1)NCC(O)CO.O=C(O)Cc1ccc(N2CCN(c3ccc(-c4ncc(C(F)(F)F)[nH]4)cn3)CC2)cc1. The molecule has 28 nitrogen and oxygen atoms in total. The number of H-pyrrole nitrogens is 3. The Morgan fingerprint density at radius 3 is 1.03 bits per heavy atom. The van der Waals surface area contributed by atoms with Gasteiger partial charge in [-0.25, -0.2) is 29.9 Å². The fourth-order valence-electron chi connectivity index (χ4n) is 13.0. The number of alkyl halides is 9. The van der Waals surface area contributed by atoms with Gasteiger partial charge in [-0.3, -0.25) is 14.4 Å². The maximum absolute atomic E-state index is 12.8. The molecule has 6 aromatic heterocycles. The van der Waals surface area contributed by atoms with Crippen LogP contribution in [0.3, 0.4) is 0 Å². The van der Waals surface area contributed by atoms with E-state index in [9.17, 15) is 59.0 Å². The van der Waals surface area contributed by atoms with E-state index < -0.39 is 65.9 Å². The smallest absolute Gasteiger partial charge is 0.432 e. The number of nitrogens with zero attached hydrogens (tertiary/aromatic N) is 12. The van der Waals surface area contributed by atoms with Crippen LogP contribution in [0.15, 0.2) is 146 Å². The van der Waals surface area contributed by atoms with E-state index in [1.807, 2.05) is 100 Å². The molecule has 0 spiro atoms. The van der Waals surface area contributed by atoms with Crippen LogP contribution < -0.4 is 45.8 Å². The Morgan fingerprint density at radius 1 is 0.461 bits per heavy atom. The molecule has 3 unspecified atom stereocenters. The van der Waals surface area contributed by atoms with E-state index in [4.69, 9.17) is 34.9 Å². The number of nitrogens with one attached hydrogen (secondary N) is 5. The third-order valence-electron chi connectivity index (χ3n) is 19.2. The summed E-state index contributed by atoms with van der Waals surface area (Å²) in [6.45, 7) is 18.2. The summed E-state index contributed by atoms with van der Waals surface area (Å²) >= 11 is 0. The number of benzene rings is 3. The predicted molar refractivity (Wildman–Crippen MR) is 410 cm³/mol. The van der Waals surface area contributed by atoms with Crippen LogP contribution in [0.5, 0.6) is 0 Å². The topological polar surface area (TPSA) is 343 Å². The molecule has 0 aliphatic carbocycles. The first-order valence-electron chi connectivity index (χ1n) is 37.1. The highest BCUT2D eigenvalue weighted by atomic mass is 19.4. The van der Waals surface area contributed by atoms with E-state index in [0.717, 1.165) is 148 Å². The number of imidazole rings is 3. The second kappa shape index (κ2) is 37.5. The largest absolute Gasteiger partial charge is 0.481 e. The van der Waals surface area contributed by atoms with E-state index in [0.29, 0.717) is 49.4 Å². The number of carboxylic acid groups (broad SMARTS) is 1. The van der Waals surface area contributed by atoms with Crippen molar-refractivity contribution in [3.05, 3.63) is 180 Å². The van der Waals surface area contributed by atoms with Gasteiger partial charge in [0.05, 0.1) is 69.9 Å². The number of hydrogen-bond donors (Lipinski definition) is 9. The molecule has 3 aromatic carbocycles. The lowest BCUT2D eigenvalue weighted by Crippen LogP contribution is -2.46. The standard InChI is InChI=1S/C27H31F3N6O3.C24H27F3N6O3.C21H20F3N5O2.C6H13NO2/c1-26(2)38-17-21(39-26)15-32-24(37)13-18-3-6-20(7-4-18)35-9-11-36(12-10-35)23-8-5-19(14-31-23)25-33-16-22(34-25)27(28,29)30;25-24(26,27)20-14-30-23(31-20)17-3-6-21(28-12-17)33-9-7-32(8-10-33)18-4-1-16(2-5-18)11-22(36)29-13-19(35)15-34;22-21(23,24)17-13-26-20(27-17)15-3-6-18(25-12-15)29-9-7-28(8-10-29)16-4-1-14(2-5-16)11-19(30)31;1-6(2)8-4-5(3-7)9-6/h3-8,14,16,21H,9-13,15,17H2,1-2H3,(H,32,37)(H,33,34);1-6,12,14,19,34-35H,7-11,13,15H2,(H,29,36)(H,30,31);1-6,12-13H,7-11H2,(H,26,27)(H,30,31);5H,3-4,7H2,1-2H3. The van der Waals surface area contributed by atoms with Crippen molar-refractivity contribution in [3.63, 3.8) is 0 Å². The molecule has 5 aliphatic heterocycles. The molecule has 10 N–H and O–H groups in total. The lowest BCUT2D eigenvalue weighted by atomic mass is 10.1. The van der Waals surface area contributed by atoms with Crippen LogP contribution >= 0.6 is 0 Å². The normalized spacial score (nSPS) is 17.8. The molecule has 5 fully saturated rings. The van der Waals surface area contributed by atoms with Gasteiger partial charge in [0, 0.05) is 151 Å². The average Bonchev–Trinajstić information content (AvgIpc) is 1.76. The van der Waals surface area contributed by atoms with Crippen LogP contribution in [-0.2, 0) is 71.1 Å². The van der Waals surface area contributed by atoms with E-state index in [1.54, 1.807) is 36.4 Å². The number of ether oxygens (including phenoxy) is 4. The zero-order chi connectivity index (χ0) is 82.2. The molecule has 5 saturated heterocycles. The summed E-state index contributed by atoms with van der Waals surface area (Å²) in [7, 11) is 0. The summed E-state index contributed by atoms with van der Waals surface area (Å²) in [5, 5.41) is 32.5. The van der Waals surface area contributed by atoms with Gasteiger partial charge in [-0.15, -0.1) is 0 Å². The Bertz CT molecular complexity index is 4590. The number of amides is 2. The van der Waals surface area contributed by atoms with Gasteiger partial charge in [0.1, 0.15) is 58.1 Å². The molecular formula is C78H91F9N18O10. The highest BCUT2D eigenvalue weighted by Crippen LogP contribution is 2.34. The number of carbonyl (C=O) groups excluding carboxylic acids is 2. The molecule has 115 heavy (non-hydrogen) atoms. The van der Waals surface area contributed by atoms with Crippen LogP contribution in [-0.4, -0.2) is 226 Å². The van der Waals surface area contributed by atoms with Gasteiger partial charge in [0.25, 0.3) is 0 Å². The molecule has 37 heteroatoms. The van der Waals surface area contributed by atoms with E-state index >= 15 is 0 Å².